The zero-order valence-electron chi connectivity index (χ0n) is 14.4. The van der Waals surface area contributed by atoms with Crippen LogP contribution in [0.1, 0.15) is 53.8 Å². The van der Waals surface area contributed by atoms with Crippen molar-refractivity contribution in [2.45, 2.75) is 45.6 Å². The Labute approximate surface area is 147 Å². The number of amides is 2. The minimum atomic E-state index is -0.299. The number of hydrogen-bond acceptors (Lipinski definition) is 4. The first-order valence-corrected chi connectivity index (χ1v) is 8.73. The van der Waals surface area contributed by atoms with Gasteiger partial charge < -0.3 is 15.2 Å². The average molecular weight is 341 g/mol. The van der Waals surface area contributed by atoms with Gasteiger partial charge in [-0.2, -0.15) is 0 Å². The van der Waals surface area contributed by atoms with Crippen LogP contribution in [0.25, 0.3) is 0 Å². The average Bonchev–Trinajstić information content (AvgIpc) is 3.07. The molecule has 1 fully saturated rings. The molecule has 0 spiro atoms. The van der Waals surface area contributed by atoms with Crippen LogP contribution in [0.5, 0.6) is 0 Å². The molecule has 0 radical (unpaired) electrons. The summed E-state index contributed by atoms with van der Waals surface area (Å²) in [6.07, 6.45) is 6.94. The summed E-state index contributed by atoms with van der Waals surface area (Å²) in [5, 5.41) is 9.40. The molecular weight excluding hydrogens is 318 g/mol. The number of benzene rings is 1. The molecule has 1 saturated carbocycles. The maximum absolute atomic E-state index is 12.3. The van der Waals surface area contributed by atoms with Gasteiger partial charge in [0.15, 0.2) is 0 Å². The van der Waals surface area contributed by atoms with E-state index < -0.39 is 0 Å². The predicted octanol–water partition coefficient (Wildman–Crippen LogP) is 3.43. The van der Waals surface area contributed by atoms with Crippen molar-refractivity contribution in [3.8, 4) is 0 Å². The standard InChI is InChI=1S/C19H23N3O3/c1-13-11-21-25-17(13)19(24)20-12-14-6-5-9-16(10-14)22-18(23)15-7-3-2-4-8-15/h5-6,9-11,15H,2-4,7-8,12H2,1H3,(H,20,24)(H,22,23). The van der Waals surface area contributed by atoms with Crippen LogP contribution >= 0.6 is 0 Å². The Hall–Kier alpha value is -2.63. The van der Waals surface area contributed by atoms with E-state index in [1.54, 1.807) is 6.92 Å². The van der Waals surface area contributed by atoms with Gasteiger partial charge in [-0.15, -0.1) is 0 Å². The van der Waals surface area contributed by atoms with E-state index in [1.165, 1.54) is 12.6 Å². The summed E-state index contributed by atoms with van der Waals surface area (Å²) in [5.41, 5.74) is 2.37. The van der Waals surface area contributed by atoms with E-state index in [1.807, 2.05) is 24.3 Å². The molecular formula is C19H23N3O3. The number of aromatic nitrogens is 1. The Morgan fingerprint density at radius 2 is 2.04 bits per heavy atom. The van der Waals surface area contributed by atoms with Crippen molar-refractivity contribution >= 4 is 17.5 Å². The van der Waals surface area contributed by atoms with Crippen molar-refractivity contribution in [3.05, 3.63) is 47.3 Å². The summed E-state index contributed by atoms with van der Waals surface area (Å²) < 4.78 is 4.94. The van der Waals surface area contributed by atoms with Crippen LogP contribution in [-0.2, 0) is 11.3 Å². The maximum atomic E-state index is 12.3. The first-order valence-electron chi connectivity index (χ1n) is 8.73. The van der Waals surface area contributed by atoms with Crippen molar-refractivity contribution < 1.29 is 14.1 Å². The van der Waals surface area contributed by atoms with Crippen molar-refractivity contribution in [2.24, 2.45) is 5.92 Å². The van der Waals surface area contributed by atoms with Crippen molar-refractivity contribution in [2.75, 3.05) is 5.32 Å². The van der Waals surface area contributed by atoms with E-state index in [9.17, 15) is 9.59 Å². The predicted molar refractivity (Wildman–Crippen MR) is 94.1 cm³/mol. The third-order valence-corrected chi connectivity index (χ3v) is 4.58. The first kappa shape index (κ1) is 17.2. The smallest absolute Gasteiger partial charge is 0.290 e. The Morgan fingerprint density at radius 1 is 1.24 bits per heavy atom. The lowest BCUT2D eigenvalue weighted by atomic mass is 9.88. The zero-order chi connectivity index (χ0) is 17.6. The van der Waals surface area contributed by atoms with Crippen LogP contribution in [-0.4, -0.2) is 17.0 Å². The molecule has 1 aliphatic carbocycles. The van der Waals surface area contributed by atoms with Crippen LogP contribution < -0.4 is 10.6 Å². The number of rotatable bonds is 5. The lowest BCUT2D eigenvalue weighted by Gasteiger charge is -2.20. The highest BCUT2D eigenvalue weighted by atomic mass is 16.5. The van der Waals surface area contributed by atoms with Gasteiger partial charge in [0.05, 0.1) is 6.20 Å². The Kier molecular flexibility index (Phi) is 5.48. The second-order valence-electron chi connectivity index (χ2n) is 6.55. The van der Waals surface area contributed by atoms with Crippen LogP contribution in [0.4, 0.5) is 5.69 Å². The number of nitrogens with one attached hydrogen (secondary N) is 2. The van der Waals surface area contributed by atoms with Gasteiger partial charge in [0.25, 0.3) is 5.91 Å². The molecule has 3 rings (SSSR count). The topological polar surface area (TPSA) is 84.2 Å². The summed E-state index contributed by atoms with van der Waals surface area (Å²) in [4.78, 5) is 24.4. The van der Waals surface area contributed by atoms with Crippen molar-refractivity contribution in [1.29, 1.82) is 0 Å². The molecule has 1 aliphatic rings. The normalized spacial score (nSPS) is 14.9. The van der Waals surface area contributed by atoms with E-state index >= 15 is 0 Å². The molecule has 0 bridgehead atoms. The van der Waals surface area contributed by atoms with E-state index in [-0.39, 0.29) is 23.5 Å². The molecule has 0 unspecified atom stereocenters. The maximum Gasteiger partial charge on any atom is 0.290 e. The van der Waals surface area contributed by atoms with Crippen molar-refractivity contribution in [1.82, 2.24) is 10.5 Å². The van der Waals surface area contributed by atoms with Gasteiger partial charge in [-0.3, -0.25) is 9.59 Å². The first-order chi connectivity index (χ1) is 12.1. The quantitative estimate of drug-likeness (QED) is 0.872. The fourth-order valence-corrected chi connectivity index (χ4v) is 3.14. The monoisotopic (exact) mass is 341 g/mol. The zero-order valence-corrected chi connectivity index (χ0v) is 14.4. The molecule has 2 aromatic rings. The second-order valence-corrected chi connectivity index (χ2v) is 6.55. The highest BCUT2D eigenvalue weighted by Gasteiger charge is 2.21. The molecule has 2 N–H and O–H groups in total. The van der Waals surface area contributed by atoms with Gasteiger partial charge in [-0.25, -0.2) is 0 Å². The fourth-order valence-electron chi connectivity index (χ4n) is 3.14. The van der Waals surface area contributed by atoms with Gasteiger partial charge in [-0.1, -0.05) is 36.6 Å². The molecule has 6 nitrogen and oxygen atoms in total. The molecule has 0 aliphatic heterocycles. The lowest BCUT2D eigenvalue weighted by Crippen LogP contribution is -2.25. The molecule has 6 heteroatoms. The third kappa shape index (κ3) is 4.47. The van der Waals surface area contributed by atoms with Gasteiger partial charge in [0, 0.05) is 23.7 Å². The molecule has 1 heterocycles. The molecule has 1 aromatic heterocycles. The van der Waals surface area contributed by atoms with Gasteiger partial charge in [0.1, 0.15) is 0 Å². The summed E-state index contributed by atoms with van der Waals surface area (Å²) >= 11 is 0. The number of carbonyl (C=O) groups excluding carboxylic acids is 2. The number of anilines is 1. The van der Waals surface area contributed by atoms with Gasteiger partial charge >= 0.3 is 0 Å². The minimum Gasteiger partial charge on any atom is -0.351 e. The van der Waals surface area contributed by atoms with Crippen molar-refractivity contribution in [3.63, 3.8) is 0 Å². The number of hydrogen-bond donors (Lipinski definition) is 2. The Morgan fingerprint density at radius 3 is 2.76 bits per heavy atom. The highest BCUT2D eigenvalue weighted by molar-refractivity contribution is 5.93. The van der Waals surface area contributed by atoms with Crippen LogP contribution in [0.2, 0.25) is 0 Å². The van der Waals surface area contributed by atoms with Gasteiger partial charge in [-0.05, 0) is 37.5 Å². The highest BCUT2D eigenvalue weighted by Crippen LogP contribution is 2.25. The largest absolute Gasteiger partial charge is 0.351 e. The minimum absolute atomic E-state index is 0.0955. The van der Waals surface area contributed by atoms with Crippen LogP contribution in [0.3, 0.4) is 0 Å². The molecule has 0 saturated heterocycles. The second kappa shape index (κ2) is 7.96. The van der Waals surface area contributed by atoms with Crippen LogP contribution in [0, 0.1) is 12.8 Å². The molecule has 2 amide bonds. The van der Waals surface area contributed by atoms with E-state index in [4.69, 9.17) is 4.52 Å². The lowest BCUT2D eigenvalue weighted by molar-refractivity contribution is -0.120. The van der Waals surface area contributed by atoms with E-state index in [0.717, 1.165) is 36.9 Å². The molecule has 25 heavy (non-hydrogen) atoms. The number of carbonyl (C=O) groups is 2. The van der Waals surface area contributed by atoms with Gasteiger partial charge in [0.2, 0.25) is 11.7 Å². The van der Waals surface area contributed by atoms with Crippen LogP contribution in [0.15, 0.2) is 35.0 Å². The SMILES string of the molecule is Cc1cnoc1C(=O)NCc1cccc(NC(=O)C2CCCCC2)c1. The molecule has 1 aromatic carbocycles. The van der Waals surface area contributed by atoms with E-state index in [0.29, 0.717) is 12.1 Å². The Bertz CT molecular complexity index is 748. The fraction of sp³-hybridized carbons (Fsp3) is 0.421. The third-order valence-electron chi connectivity index (χ3n) is 4.58. The number of aryl methyl sites for hydroxylation is 1. The Balaban J connectivity index is 1.56. The number of nitrogens with zero attached hydrogens (tertiary/aromatic N) is 1. The summed E-state index contributed by atoms with van der Waals surface area (Å²) in [5.74, 6) is 0.137. The summed E-state index contributed by atoms with van der Waals surface area (Å²) in [6, 6.07) is 7.53. The molecule has 132 valence electrons. The molecule has 0 atom stereocenters. The van der Waals surface area contributed by atoms with E-state index in [2.05, 4.69) is 15.8 Å². The summed E-state index contributed by atoms with van der Waals surface area (Å²) in [7, 11) is 0. The summed E-state index contributed by atoms with van der Waals surface area (Å²) in [6.45, 7) is 2.12.